The summed E-state index contributed by atoms with van der Waals surface area (Å²) < 4.78 is 9.76. The Labute approximate surface area is 310 Å². The first-order valence-electron chi connectivity index (χ1n) is 18.0. The molecule has 3 heteroatoms. The van der Waals surface area contributed by atoms with Gasteiger partial charge in [0.05, 0.1) is 5.69 Å². The first kappa shape index (κ1) is 30.0. The number of rotatable bonds is 5. The van der Waals surface area contributed by atoms with Gasteiger partial charge in [-0.1, -0.05) is 140 Å². The molecule has 0 radical (unpaired) electrons. The van der Waals surface area contributed by atoms with E-state index in [1.807, 2.05) is 11.3 Å². The minimum absolute atomic E-state index is 0.865. The second kappa shape index (κ2) is 11.9. The van der Waals surface area contributed by atoms with Crippen LogP contribution in [0, 0.1) is 0 Å². The van der Waals surface area contributed by atoms with Crippen LogP contribution >= 0.6 is 11.3 Å². The van der Waals surface area contributed by atoms with Crippen LogP contribution in [-0.2, 0) is 0 Å². The van der Waals surface area contributed by atoms with Crippen molar-refractivity contribution in [3.8, 4) is 22.3 Å². The molecule has 11 aromatic rings. The van der Waals surface area contributed by atoms with Crippen molar-refractivity contribution in [2.75, 3.05) is 4.90 Å². The molecule has 0 N–H and O–H groups in total. The number of benzene rings is 9. The minimum atomic E-state index is 0.865. The Morgan fingerprint density at radius 3 is 1.91 bits per heavy atom. The van der Waals surface area contributed by atoms with Gasteiger partial charge in [-0.15, -0.1) is 11.3 Å². The zero-order valence-corrected chi connectivity index (χ0v) is 29.5. The van der Waals surface area contributed by atoms with Crippen molar-refractivity contribution in [2.45, 2.75) is 0 Å². The molecule has 0 aliphatic carbocycles. The van der Waals surface area contributed by atoms with Crippen molar-refractivity contribution in [1.82, 2.24) is 0 Å². The van der Waals surface area contributed by atoms with Crippen molar-refractivity contribution in [3.63, 3.8) is 0 Å². The van der Waals surface area contributed by atoms with E-state index in [2.05, 4.69) is 193 Å². The molecule has 0 aliphatic heterocycles. The van der Waals surface area contributed by atoms with Crippen LogP contribution in [0.4, 0.5) is 17.1 Å². The Bertz CT molecular complexity index is 3170. The molecule has 0 amide bonds. The lowest BCUT2D eigenvalue weighted by molar-refractivity contribution is 0.670. The lowest BCUT2D eigenvalue weighted by atomic mass is 9.95. The van der Waals surface area contributed by atoms with E-state index < -0.39 is 0 Å². The van der Waals surface area contributed by atoms with Gasteiger partial charge in [0.1, 0.15) is 5.58 Å². The fraction of sp³-hybridized carbons (Fsp3) is 0. The highest BCUT2D eigenvalue weighted by molar-refractivity contribution is 7.25. The third-order valence-corrected chi connectivity index (χ3v) is 11.8. The van der Waals surface area contributed by atoms with Crippen molar-refractivity contribution >= 4 is 92.1 Å². The lowest BCUT2D eigenvalue weighted by Crippen LogP contribution is -2.10. The van der Waals surface area contributed by atoms with Crippen LogP contribution in [0.5, 0.6) is 0 Å². The summed E-state index contributed by atoms with van der Waals surface area (Å²) in [5.41, 5.74) is 9.54. The predicted molar refractivity (Wildman–Crippen MR) is 227 cm³/mol. The summed E-state index contributed by atoms with van der Waals surface area (Å²) in [7, 11) is 0. The van der Waals surface area contributed by atoms with Gasteiger partial charge in [-0.3, -0.25) is 0 Å². The number of nitrogens with zero attached hydrogens (tertiary/aromatic N) is 1. The number of fused-ring (bicyclic) bond motifs is 9. The zero-order chi connectivity index (χ0) is 34.9. The van der Waals surface area contributed by atoms with E-state index in [0.29, 0.717) is 0 Å². The van der Waals surface area contributed by atoms with E-state index in [-0.39, 0.29) is 0 Å². The molecule has 0 unspecified atom stereocenters. The molecule has 2 heterocycles. The first-order chi connectivity index (χ1) is 26.3. The molecule has 0 spiro atoms. The third kappa shape index (κ3) is 4.86. The summed E-state index contributed by atoms with van der Waals surface area (Å²) in [6, 6.07) is 67.9. The zero-order valence-electron chi connectivity index (χ0n) is 28.7. The second-order valence-electron chi connectivity index (χ2n) is 13.7. The number of para-hydroxylation sites is 1. The molecule has 0 saturated carbocycles. The maximum atomic E-state index is 7.20. The molecular formula is C50H31NOS. The minimum Gasteiger partial charge on any atom is -0.453 e. The van der Waals surface area contributed by atoms with Crippen molar-refractivity contribution in [1.29, 1.82) is 0 Å². The largest absolute Gasteiger partial charge is 0.453 e. The Morgan fingerprint density at radius 2 is 1.04 bits per heavy atom. The summed E-state index contributed by atoms with van der Waals surface area (Å²) in [4.78, 5) is 2.36. The topological polar surface area (TPSA) is 16.4 Å². The summed E-state index contributed by atoms with van der Waals surface area (Å²) in [5.74, 6) is 0. The molecule has 0 atom stereocenters. The van der Waals surface area contributed by atoms with E-state index in [0.717, 1.165) is 50.1 Å². The summed E-state index contributed by atoms with van der Waals surface area (Å²) in [6.07, 6.45) is 0. The Kier molecular flexibility index (Phi) is 6.76. The van der Waals surface area contributed by atoms with Crippen LogP contribution in [0.3, 0.4) is 0 Å². The van der Waals surface area contributed by atoms with Gasteiger partial charge < -0.3 is 9.32 Å². The Morgan fingerprint density at radius 1 is 0.377 bits per heavy atom. The van der Waals surface area contributed by atoms with E-state index in [1.54, 1.807) is 0 Å². The van der Waals surface area contributed by atoms with E-state index in [4.69, 9.17) is 4.42 Å². The quantitative estimate of drug-likeness (QED) is 0.178. The molecule has 11 rings (SSSR count). The van der Waals surface area contributed by atoms with Crippen LogP contribution in [-0.4, -0.2) is 0 Å². The van der Waals surface area contributed by atoms with E-state index in [1.165, 1.54) is 52.8 Å². The number of furan rings is 1. The van der Waals surface area contributed by atoms with Crippen LogP contribution in [0.15, 0.2) is 192 Å². The van der Waals surface area contributed by atoms with Crippen LogP contribution in [0.1, 0.15) is 0 Å². The molecule has 0 bridgehead atoms. The van der Waals surface area contributed by atoms with Crippen molar-refractivity contribution in [2.24, 2.45) is 0 Å². The maximum Gasteiger partial charge on any atom is 0.159 e. The van der Waals surface area contributed by atoms with Gasteiger partial charge in [-0.2, -0.15) is 0 Å². The monoisotopic (exact) mass is 693 g/mol. The number of hydrogen-bond acceptors (Lipinski definition) is 3. The van der Waals surface area contributed by atoms with Crippen molar-refractivity contribution in [3.05, 3.63) is 188 Å². The average Bonchev–Trinajstić information content (AvgIpc) is 3.80. The molecule has 9 aromatic carbocycles. The van der Waals surface area contributed by atoms with Gasteiger partial charge in [0.2, 0.25) is 0 Å². The smallest absolute Gasteiger partial charge is 0.159 e. The molecule has 248 valence electrons. The lowest BCUT2D eigenvalue weighted by Gasteiger charge is -2.26. The van der Waals surface area contributed by atoms with Crippen LogP contribution in [0.25, 0.3) is 85.9 Å². The van der Waals surface area contributed by atoms with Crippen LogP contribution in [0.2, 0.25) is 0 Å². The van der Waals surface area contributed by atoms with Gasteiger partial charge in [0.15, 0.2) is 5.58 Å². The molecule has 0 aliphatic rings. The van der Waals surface area contributed by atoms with Crippen LogP contribution < -0.4 is 4.90 Å². The predicted octanol–water partition coefficient (Wildman–Crippen LogP) is 15.1. The molecule has 0 fully saturated rings. The molecule has 2 aromatic heterocycles. The molecule has 0 saturated heterocycles. The molecular weight excluding hydrogens is 663 g/mol. The Hall–Kier alpha value is -6.68. The summed E-state index contributed by atoms with van der Waals surface area (Å²) in [5, 5.41) is 9.64. The van der Waals surface area contributed by atoms with E-state index in [9.17, 15) is 0 Å². The fourth-order valence-electron chi connectivity index (χ4n) is 8.09. The third-order valence-electron chi connectivity index (χ3n) is 10.6. The van der Waals surface area contributed by atoms with Crippen molar-refractivity contribution < 1.29 is 4.42 Å². The van der Waals surface area contributed by atoms with Gasteiger partial charge >= 0.3 is 0 Å². The summed E-state index contributed by atoms with van der Waals surface area (Å²) in [6.45, 7) is 0. The number of thiophene rings is 1. The summed E-state index contributed by atoms with van der Waals surface area (Å²) >= 11 is 1.84. The maximum absolute atomic E-state index is 7.20. The second-order valence-corrected chi connectivity index (χ2v) is 14.8. The van der Waals surface area contributed by atoms with Gasteiger partial charge in [0.25, 0.3) is 0 Å². The highest BCUT2D eigenvalue weighted by Gasteiger charge is 2.23. The normalized spacial score (nSPS) is 11.8. The molecule has 2 nitrogen and oxygen atoms in total. The average molecular weight is 694 g/mol. The van der Waals surface area contributed by atoms with Gasteiger partial charge in [-0.25, -0.2) is 0 Å². The highest BCUT2D eigenvalue weighted by atomic mass is 32.1. The first-order valence-corrected chi connectivity index (χ1v) is 18.8. The number of hydrogen-bond donors (Lipinski definition) is 0. The SMILES string of the molecule is c1ccc(-c2ccc(N(c3ccc4c(c3)sc3ccccc34)c3cccc4c3oc3c(-c5ccc6ccccc6c5)cc5ccccc5c34)cc2)cc1. The van der Waals surface area contributed by atoms with Gasteiger partial charge in [0, 0.05) is 47.9 Å². The fourth-order valence-corrected chi connectivity index (χ4v) is 9.23. The van der Waals surface area contributed by atoms with Gasteiger partial charge in [-0.05, 0) is 86.8 Å². The van der Waals surface area contributed by atoms with E-state index >= 15 is 0 Å². The number of anilines is 3. The molecule has 53 heavy (non-hydrogen) atoms. The standard InChI is InChI=1S/C50H31NOS/c1-2-11-32(12-3-1)34-23-25-38(26-24-34)51(39-27-28-42-41-17-8-9-20-46(41)53-47(42)31-39)45-19-10-18-43-48-40-16-7-6-15-36(40)30-44(50(48)52-49(43)45)37-22-21-33-13-4-5-14-35(33)29-37/h1-31H. The Balaban J connectivity index is 1.17. The highest BCUT2D eigenvalue weighted by Crippen LogP contribution is 2.48.